The summed E-state index contributed by atoms with van der Waals surface area (Å²) >= 11 is 11.4. The second-order valence-electron chi connectivity index (χ2n) is 4.10. The Labute approximate surface area is 134 Å². The Morgan fingerprint density at radius 2 is 1.91 bits per heavy atom. The Kier molecular flexibility index (Phi) is 6.13. The fourth-order valence-corrected chi connectivity index (χ4v) is 2.09. The third kappa shape index (κ3) is 4.57. The van der Waals surface area contributed by atoms with Gasteiger partial charge in [-0.05, 0) is 23.8 Å². The molecule has 22 heavy (non-hydrogen) atoms. The molecular weight excluding hydrogens is 343 g/mol. The average Bonchev–Trinajstić information content (AvgIpc) is 2.40. The second kappa shape index (κ2) is 7.42. The van der Waals surface area contributed by atoms with E-state index in [1.165, 1.54) is 12.1 Å². The monoisotopic (exact) mass is 353 g/mol. The van der Waals surface area contributed by atoms with Crippen LogP contribution in [0.4, 0.5) is 13.6 Å². The maximum absolute atomic E-state index is 13.9. The normalized spacial score (nSPS) is 12.4. The zero-order chi connectivity index (χ0) is 16.9. The predicted molar refractivity (Wildman–Crippen MR) is 76.5 cm³/mol. The van der Waals surface area contributed by atoms with Crippen LogP contribution >= 0.6 is 23.2 Å². The van der Waals surface area contributed by atoms with Crippen LogP contribution in [0.25, 0.3) is 0 Å². The Morgan fingerprint density at radius 3 is 2.36 bits per heavy atom. The number of rotatable bonds is 6. The summed E-state index contributed by atoms with van der Waals surface area (Å²) in [4.78, 5) is 22.2. The second-order valence-corrected chi connectivity index (χ2v) is 4.97. The highest BCUT2D eigenvalue weighted by Gasteiger charge is 2.49. The van der Waals surface area contributed by atoms with Gasteiger partial charge in [-0.15, -0.1) is 0 Å². The van der Waals surface area contributed by atoms with Crippen LogP contribution in [-0.4, -0.2) is 29.7 Å². The van der Waals surface area contributed by atoms with Gasteiger partial charge in [-0.25, -0.2) is 9.59 Å². The summed E-state index contributed by atoms with van der Waals surface area (Å²) in [5.41, 5.74) is -0.277. The molecular formula is C13H11Cl2F2NO4. The lowest BCUT2D eigenvalue weighted by Gasteiger charge is -2.24. The number of carboxylic acid groups (broad SMARTS) is 1. The first-order valence-electron chi connectivity index (χ1n) is 5.80. The van der Waals surface area contributed by atoms with Crippen LogP contribution in [0, 0.1) is 0 Å². The first-order chi connectivity index (χ1) is 10.2. The molecule has 1 aromatic rings. The largest absolute Gasteiger partial charge is 0.477 e. The number of carboxylic acids is 1. The summed E-state index contributed by atoms with van der Waals surface area (Å²) in [6.07, 6.45) is -0.0119. The van der Waals surface area contributed by atoms with E-state index in [0.717, 1.165) is 12.1 Å². The van der Waals surface area contributed by atoms with E-state index in [1.807, 2.05) is 0 Å². The lowest BCUT2D eigenvalue weighted by molar-refractivity contribution is -0.169. The van der Waals surface area contributed by atoms with Gasteiger partial charge in [-0.1, -0.05) is 35.9 Å². The number of carbonyl (C=O) groups excluding carboxylic acids is 1. The van der Waals surface area contributed by atoms with Crippen molar-refractivity contribution in [3.05, 3.63) is 46.5 Å². The van der Waals surface area contributed by atoms with Crippen molar-refractivity contribution in [3.63, 3.8) is 0 Å². The first kappa shape index (κ1) is 18.2. The van der Waals surface area contributed by atoms with E-state index in [2.05, 4.69) is 11.3 Å². The number of aliphatic carboxylic acids is 1. The van der Waals surface area contributed by atoms with Gasteiger partial charge in [0.15, 0.2) is 0 Å². The zero-order valence-corrected chi connectivity index (χ0v) is 12.5. The molecule has 0 fully saturated rings. The van der Waals surface area contributed by atoms with E-state index in [1.54, 1.807) is 5.32 Å². The van der Waals surface area contributed by atoms with Gasteiger partial charge in [-0.3, -0.25) is 0 Å². The quantitative estimate of drug-likeness (QED) is 0.765. The molecule has 120 valence electrons. The van der Waals surface area contributed by atoms with E-state index in [0.29, 0.717) is 0 Å². The third-order valence-corrected chi connectivity index (χ3v) is 2.90. The van der Waals surface area contributed by atoms with E-state index in [4.69, 9.17) is 28.3 Å². The van der Waals surface area contributed by atoms with Gasteiger partial charge in [0.2, 0.25) is 0 Å². The van der Waals surface area contributed by atoms with E-state index < -0.39 is 24.0 Å². The van der Waals surface area contributed by atoms with E-state index in [-0.39, 0.29) is 22.2 Å². The number of nitrogens with one attached hydrogen (secondary N) is 1. The van der Waals surface area contributed by atoms with Gasteiger partial charge < -0.3 is 15.2 Å². The first-order valence-corrected chi connectivity index (χ1v) is 6.55. The maximum Gasteiger partial charge on any atom is 0.408 e. The summed E-state index contributed by atoms with van der Waals surface area (Å²) in [5, 5.41) is 10.5. The van der Waals surface area contributed by atoms with Crippen molar-refractivity contribution in [1.82, 2.24) is 5.32 Å². The van der Waals surface area contributed by atoms with Crippen molar-refractivity contribution in [1.29, 1.82) is 0 Å². The molecule has 0 saturated carbocycles. The van der Waals surface area contributed by atoms with Crippen molar-refractivity contribution in [2.45, 2.75) is 12.0 Å². The molecule has 0 spiro atoms. The Bertz CT molecular complexity index is 575. The number of benzene rings is 1. The Hall–Kier alpha value is -1.86. The molecule has 1 unspecified atom stereocenters. The summed E-state index contributed by atoms with van der Waals surface area (Å²) in [6.45, 7) is 3.06. The lowest BCUT2D eigenvalue weighted by Crippen LogP contribution is -2.45. The molecule has 0 heterocycles. The molecule has 1 atom stereocenters. The van der Waals surface area contributed by atoms with Crippen molar-refractivity contribution in [3.8, 4) is 0 Å². The molecule has 0 aliphatic carbocycles. The van der Waals surface area contributed by atoms with Crippen molar-refractivity contribution < 1.29 is 28.2 Å². The highest BCUT2D eigenvalue weighted by Crippen LogP contribution is 2.34. The van der Waals surface area contributed by atoms with Crippen molar-refractivity contribution in [2.24, 2.45) is 0 Å². The summed E-state index contributed by atoms with van der Waals surface area (Å²) in [5.74, 6) is -6.72. The van der Waals surface area contributed by atoms with Crippen LogP contribution in [0.1, 0.15) is 11.6 Å². The van der Waals surface area contributed by atoms with Gasteiger partial charge in [0.05, 0.1) is 0 Å². The highest BCUT2D eigenvalue weighted by molar-refractivity contribution is 6.34. The number of amides is 1. The van der Waals surface area contributed by atoms with Crippen molar-refractivity contribution in [2.75, 3.05) is 6.61 Å². The molecule has 2 N–H and O–H groups in total. The fourth-order valence-electron chi connectivity index (χ4n) is 1.54. The molecule has 0 aromatic heterocycles. The van der Waals surface area contributed by atoms with Crippen LogP contribution in [0.2, 0.25) is 10.0 Å². The Balaban J connectivity index is 3.19. The number of halogens is 4. The molecule has 1 rings (SSSR count). The molecule has 0 saturated heterocycles. The third-order valence-electron chi connectivity index (χ3n) is 2.46. The number of alkyl carbamates (subject to hydrolysis) is 1. The standard InChI is InChI=1S/C13H11Cl2F2NO4/c1-2-3-22-12(21)18-10(13(16,17)11(19)20)7-4-8(14)6-9(15)5-7/h2,4-6,10H,1,3H2,(H,18,21)(H,19,20). The Morgan fingerprint density at radius 1 is 1.36 bits per heavy atom. The van der Waals surface area contributed by atoms with Gasteiger partial charge >= 0.3 is 18.0 Å². The number of alkyl halides is 2. The molecule has 0 aliphatic heterocycles. The number of hydrogen-bond acceptors (Lipinski definition) is 3. The SMILES string of the molecule is C=CCOC(=O)NC(c1cc(Cl)cc(Cl)c1)C(F)(F)C(=O)O. The fraction of sp³-hybridized carbons (Fsp3) is 0.231. The maximum atomic E-state index is 13.9. The zero-order valence-electron chi connectivity index (χ0n) is 11.0. The molecule has 1 amide bonds. The van der Waals surface area contributed by atoms with Crippen LogP contribution in [-0.2, 0) is 9.53 Å². The smallest absolute Gasteiger partial charge is 0.408 e. The van der Waals surface area contributed by atoms with Crippen LogP contribution in [0.15, 0.2) is 30.9 Å². The molecule has 5 nitrogen and oxygen atoms in total. The number of ether oxygens (including phenoxy) is 1. The average molecular weight is 354 g/mol. The van der Waals surface area contributed by atoms with Crippen LogP contribution in [0.5, 0.6) is 0 Å². The summed E-state index contributed by atoms with van der Waals surface area (Å²) in [6, 6.07) is 1.21. The highest BCUT2D eigenvalue weighted by atomic mass is 35.5. The van der Waals surface area contributed by atoms with Crippen LogP contribution in [0.3, 0.4) is 0 Å². The van der Waals surface area contributed by atoms with Crippen molar-refractivity contribution >= 4 is 35.3 Å². The van der Waals surface area contributed by atoms with E-state index >= 15 is 0 Å². The summed E-state index contributed by atoms with van der Waals surface area (Å²) in [7, 11) is 0. The van der Waals surface area contributed by atoms with E-state index in [9.17, 15) is 18.4 Å². The molecule has 1 aromatic carbocycles. The number of carbonyl (C=O) groups is 2. The minimum Gasteiger partial charge on any atom is -0.477 e. The summed E-state index contributed by atoms with van der Waals surface area (Å²) < 4.78 is 32.3. The van der Waals surface area contributed by atoms with Gasteiger partial charge in [0.25, 0.3) is 0 Å². The minimum absolute atomic E-state index is 0.00921. The van der Waals surface area contributed by atoms with Gasteiger partial charge in [0.1, 0.15) is 12.6 Å². The van der Waals surface area contributed by atoms with Crippen LogP contribution < -0.4 is 5.32 Å². The minimum atomic E-state index is -4.30. The predicted octanol–water partition coefficient (Wildman–Crippen LogP) is 3.67. The van der Waals surface area contributed by atoms with Gasteiger partial charge in [-0.2, -0.15) is 8.78 Å². The molecule has 0 bridgehead atoms. The molecule has 0 aliphatic rings. The topological polar surface area (TPSA) is 75.6 Å². The molecule has 0 radical (unpaired) electrons. The molecule has 9 heteroatoms. The lowest BCUT2D eigenvalue weighted by atomic mass is 10.0. The number of hydrogen-bond donors (Lipinski definition) is 2. The van der Waals surface area contributed by atoms with Gasteiger partial charge in [0, 0.05) is 10.0 Å².